The van der Waals surface area contributed by atoms with Crippen LogP contribution in [0.25, 0.3) is 5.69 Å². The Balaban J connectivity index is 1.46. The number of rotatable bonds is 8. The molecule has 8 heteroatoms. The summed E-state index contributed by atoms with van der Waals surface area (Å²) in [5, 5.41) is 7.02. The van der Waals surface area contributed by atoms with Gasteiger partial charge in [-0.1, -0.05) is 30.3 Å². The largest absolute Gasteiger partial charge is 0.497 e. The smallest absolute Gasteiger partial charge is 0.226 e. The average Bonchev–Trinajstić information content (AvgIpc) is 3.53. The molecule has 4 aromatic rings. The molecule has 2 N–H and O–H groups in total. The molecule has 2 atom stereocenters. The van der Waals surface area contributed by atoms with Gasteiger partial charge in [0.05, 0.1) is 24.9 Å². The van der Waals surface area contributed by atoms with Crippen molar-refractivity contribution in [2.24, 2.45) is 0 Å². The summed E-state index contributed by atoms with van der Waals surface area (Å²) >= 11 is 5.78. The van der Waals surface area contributed by atoms with Gasteiger partial charge in [-0.05, 0) is 60.7 Å². The summed E-state index contributed by atoms with van der Waals surface area (Å²) in [6.07, 6.45) is 4.11. The lowest BCUT2D eigenvalue weighted by Gasteiger charge is -2.29. The molecule has 0 saturated carbocycles. The van der Waals surface area contributed by atoms with Crippen LogP contribution in [0.3, 0.4) is 0 Å². The number of hydrogen-bond acceptors (Lipinski definition) is 4. The fourth-order valence-corrected chi connectivity index (χ4v) is 4.90. The molecule has 3 heterocycles. The van der Waals surface area contributed by atoms with Gasteiger partial charge in [-0.3, -0.25) is 9.78 Å². The number of nitrogens with zero attached hydrogens (tertiary/aromatic N) is 3. The van der Waals surface area contributed by atoms with E-state index in [1.54, 1.807) is 13.3 Å². The van der Waals surface area contributed by atoms with Gasteiger partial charge in [0.15, 0.2) is 5.11 Å². The first-order chi connectivity index (χ1) is 17.6. The van der Waals surface area contributed by atoms with E-state index < -0.39 is 0 Å². The summed E-state index contributed by atoms with van der Waals surface area (Å²) in [6.45, 7) is 0.460. The SMILES string of the molecule is COc1cccc(-n2cccc2[C@H]2[C@H](c3ccccn3)NC(=S)N2CCC(=O)Nc2ccccc2)c1. The minimum absolute atomic E-state index is 0.0628. The Hall–Kier alpha value is -4.17. The number of nitrogens with one attached hydrogen (secondary N) is 2. The van der Waals surface area contributed by atoms with Crippen LogP contribution in [-0.2, 0) is 4.79 Å². The maximum absolute atomic E-state index is 12.7. The minimum atomic E-state index is -0.171. The topological polar surface area (TPSA) is 71.4 Å². The zero-order valence-electron chi connectivity index (χ0n) is 19.9. The molecule has 7 nitrogen and oxygen atoms in total. The fraction of sp³-hybridized carbons (Fsp3) is 0.179. The first-order valence-corrected chi connectivity index (χ1v) is 12.2. The Labute approximate surface area is 215 Å². The Kier molecular flexibility index (Phi) is 6.95. The van der Waals surface area contributed by atoms with E-state index in [0.29, 0.717) is 18.1 Å². The van der Waals surface area contributed by atoms with E-state index in [9.17, 15) is 4.79 Å². The number of aromatic nitrogens is 2. The van der Waals surface area contributed by atoms with Crippen molar-refractivity contribution in [3.63, 3.8) is 0 Å². The lowest BCUT2D eigenvalue weighted by atomic mass is 10.0. The van der Waals surface area contributed by atoms with Gasteiger partial charge in [-0.15, -0.1) is 0 Å². The number of benzene rings is 2. The summed E-state index contributed by atoms with van der Waals surface area (Å²) in [4.78, 5) is 19.4. The molecule has 2 aromatic carbocycles. The van der Waals surface area contributed by atoms with Crippen LogP contribution in [0.1, 0.15) is 29.9 Å². The standard InChI is InChI=1S/C28H27N5O2S/c1-35-22-12-7-11-21(19-22)32-17-8-14-24(32)27-26(23-13-5-6-16-29-23)31-28(36)33(27)18-15-25(34)30-20-9-3-2-4-10-20/h2-14,16-17,19,26-27H,15,18H2,1H3,(H,30,34)(H,31,36)/t26-,27-/m0/s1. The third kappa shape index (κ3) is 4.94. The predicted molar refractivity (Wildman–Crippen MR) is 144 cm³/mol. The van der Waals surface area contributed by atoms with Gasteiger partial charge in [0.1, 0.15) is 5.75 Å². The monoisotopic (exact) mass is 497 g/mol. The Bertz CT molecular complexity index is 1340. The van der Waals surface area contributed by atoms with Crippen LogP contribution in [0.5, 0.6) is 5.75 Å². The average molecular weight is 498 g/mol. The Morgan fingerprint density at radius 3 is 2.67 bits per heavy atom. The normalized spacial score (nSPS) is 17.0. The number of anilines is 1. The first kappa shape index (κ1) is 23.6. The summed E-state index contributed by atoms with van der Waals surface area (Å²) in [7, 11) is 1.66. The number of thiocarbonyl (C=S) groups is 1. The van der Waals surface area contributed by atoms with Crippen LogP contribution in [0.4, 0.5) is 5.69 Å². The first-order valence-electron chi connectivity index (χ1n) is 11.8. The van der Waals surface area contributed by atoms with Crippen molar-refractivity contribution in [2.45, 2.75) is 18.5 Å². The molecule has 1 fully saturated rings. The molecule has 0 aliphatic carbocycles. The molecule has 1 aliphatic heterocycles. The van der Waals surface area contributed by atoms with E-state index in [1.807, 2.05) is 85.1 Å². The highest BCUT2D eigenvalue weighted by atomic mass is 32.1. The van der Waals surface area contributed by atoms with Crippen molar-refractivity contribution in [1.29, 1.82) is 0 Å². The quantitative estimate of drug-likeness (QED) is 0.338. The highest BCUT2D eigenvalue weighted by molar-refractivity contribution is 7.80. The zero-order chi connectivity index (χ0) is 24.9. The molecule has 5 rings (SSSR count). The van der Waals surface area contributed by atoms with Gasteiger partial charge in [-0.25, -0.2) is 0 Å². The number of methoxy groups -OCH3 is 1. The summed E-state index contributed by atoms with van der Waals surface area (Å²) in [6, 6.07) is 27.0. The Morgan fingerprint density at radius 1 is 1.06 bits per heavy atom. The van der Waals surface area contributed by atoms with Crippen molar-refractivity contribution >= 4 is 28.9 Å². The Morgan fingerprint density at radius 2 is 1.89 bits per heavy atom. The van der Waals surface area contributed by atoms with Gasteiger partial charge in [0.2, 0.25) is 5.91 Å². The van der Waals surface area contributed by atoms with Gasteiger partial charge in [0.25, 0.3) is 0 Å². The van der Waals surface area contributed by atoms with Crippen LogP contribution < -0.4 is 15.4 Å². The number of pyridine rings is 1. The van der Waals surface area contributed by atoms with Crippen LogP contribution in [0.15, 0.2) is 97.3 Å². The van der Waals surface area contributed by atoms with Crippen LogP contribution >= 0.6 is 12.2 Å². The molecule has 36 heavy (non-hydrogen) atoms. The number of amides is 1. The third-order valence-corrected chi connectivity index (χ3v) is 6.60. The van der Waals surface area contributed by atoms with Crippen molar-refractivity contribution in [3.8, 4) is 11.4 Å². The molecule has 182 valence electrons. The second kappa shape index (κ2) is 10.6. The number of carbonyl (C=O) groups is 1. The second-order valence-electron chi connectivity index (χ2n) is 8.49. The molecule has 0 bridgehead atoms. The number of para-hydroxylation sites is 1. The van der Waals surface area contributed by atoms with Crippen molar-refractivity contribution in [3.05, 3.63) is 109 Å². The summed E-state index contributed by atoms with van der Waals surface area (Å²) < 4.78 is 7.58. The van der Waals surface area contributed by atoms with Gasteiger partial charge >= 0.3 is 0 Å². The lowest BCUT2D eigenvalue weighted by Crippen LogP contribution is -2.33. The minimum Gasteiger partial charge on any atom is -0.497 e. The van der Waals surface area contributed by atoms with E-state index in [-0.39, 0.29) is 18.0 Å². The van der Waals surface area contributed by atoms with E-state index >= 15 is 0 Å². The van der Waals surface area contributed by atoms with Crippen molar-refractivity contribution in [2.75, 3.05) is 19.0 Å². The van der Waals surface area contributed by atoms with Crippen molar-refractivity contribution in [1.82, 2.24) is 19.8 Å². The van der Waals surface area contributed by atoms with E-state index in [2.05, 4.69) is 31.2 Å². The van der Waals surface area contributed by atoms with Gasteiger partial charge < -0.3 is 24.8 Å². The number of carbonyl (C=O) groups excluding carboxylic acids is 1. The molecule has 1 amide bonds. The molecule has 0 spiro atoms. The zero-order valence-corrected chi connectivity index (χ0v) is 20.7. The molecule has 0 unspecified atom stereocenters. The fourth-order valence-electron chi connectivity index (χ4n) is 4.57. The van der Waals surface area contributed by atoms with E-state index in [1.165, 1.54) is 0 Å². The maximum Gasteiger partial charge on any atom is 0.226 e. The van der Waals surface area contributed by atoms with Crippen LogP contribution in [-0.4, -0.2) is 39.1 Å². The summed E-state index contributed by atoms with van der Waals surface area (Å²) in [5.41, 5.74) is 3.68. The maximum atomic E-state index is 12.7. The van der Waals surface area contributed by atoms with Gasteiger partial charge in [0, 0.05) is 48.5 Å². The number of hydrogen-bond donors (Lipinski definition) is 2. The molecule has 1 aliphatic rings. The van der Waals surface area contributed by atoms with E-state index in [0.717, 1.165) is 28.5 Å². The van der Waals surface area contributed by atoms with Crippen molar-refractivity contribution < 1.29 is 9.53 Å². The molecule has 1 saturated heterocycles. The van der Waals surface area contributed by atoms with Gasteiger partial charge in [-0.2, -0.15) is 0 Å². The number of ether oxygens (including phenoxy) is 1. The molecule has 0 radical (unpaired) electrons. The molecular weight excluding hydrogens is 470 g/mol. The highest BCUT2D eigenvalue weighted by Gasteiger charge is 2.41. The predicted octanol–water partition coefficient (Wildman–Crippen LogP) is 4.88. The van der Waals surface area contributed by atoms with E-state index in [4.69, 9.17) is 17.0 Å². The second-order valence-corrected chi connectivity index (χ2v) is 8.88. The highest BCUT2D eigenvalue weighted by Crippen LogP contribution is 2.39. The van der Waals surface area contributed by atoms with Crippen LogP contribution in [0.2, 0.25) is 0 Å². The summed E-state index contributed by atoms with van der Waals surface area (Å²) in [5.74, 6) is 0.718. The lowest BCUT2D eigenvalue weighted by molar-refractivity contribution is -0.116. The third-order valence-electron chi connectivity index (χ3n) is 6.25. The molecular formula is C28H27N5O2S. The molecule has 2 aromatic heterocycles. The van der Waals surface area contributed by atoms with Crippen LogP contribution in [0, 0.1) is 0 Å².